The highest BCUT2D eigenvalue weighted by atomic mass is 35.5. The Bertz CT molecular complexity index is 447. The Morgan fingerprint density at radius 1 is 0.944 bits per heavy atom. The van der Waals surface area contributed by atoms with Crippen molar-refractivity contribution in [1.29, 1.82) is 0 Å². The number of aryl methyl sites for hydroxylation is 1. The summed E-state index contributed by atoms with van der Waals surface area (Å²) in [5, 5.41) is 2.11. The highest BCUT2D eigenvalue weighted by Crippen LogP contribution is 2.33. The standard InChI is InChI=1S/C15H16Cl2S/c16-11-15(12-17,13-5-2-1-3-6-13)9-8-14-7-4-10-18-14/h1-7,10H,8-9,11-12H2. The van der Waals surface area contributed by atoms with Gasteiger partial charge in [-0.15, -0.1) is 34.5 Å². The van der Waals surface area contributed by atoms with Crippen LogP contribution < -0.4 is 0 Å². The summed E-state index contributed by atoms with van der Waals surface area (Å²) in [6, 6.07) is 14.6. The fourth-order valence-corrected chi connectivity index (χ4v) is 3.65. The van der Waals surface area contributed by atoms with Gasteiger partial charge in [-0.1, -0.05) is 36.4 Å². The molecule has 3 heteroatoms. The van der Waals surface area contributed by atoms with Gasteiger partial charge in [0, 0.05) is 22.1 Å². The van der Waals surface area contributed by atoms with Crippen molar-refractivity contribution in [3.8, 4) is 0 Å². The Hall–Kier alpha value is -0.500. The molecule has 0 radical (unpaired) electrons. The van der Waals surface area contributed by atoms with E-state index in [4.69, 9.17) is 23.2 Å². The average Bonchev–Trinajstić information content (AvgIpc) is 2.95. The molecule has 0 saturated carbocycles. The van der Waals surface area contributed by atoms with Crippen molar-refractivity contribution < 1.29 is 0 Å². The van der Waals surface area contributed by atoms with E-state index in [2.05, 4.69) is 29.6 Å². The van der Waals surface area contributed by atoms with Gasteiger partial charge in [-0.3, -0.25) is 0 Å². The largest absolute Gasteiger partial charge is 0.149 e. The first kappa shape index (κ1) is 13.9. The Morgan fingerprint density at radius 3 is 2.22 bits per heavy atom. The van der Waals surface area contributed by atoms with Gasteiger partial charge in [-0.25, -0.2) is 0 Å². The van der Waals surface area contributed by atoms with Crippen LogP contribution in [-0.2, 0) is 11.8 Å². The summed E-state index contributed by atoms with van der Waals surface area (Å²) in [6.45, 7) is 0. The van der Waals surface area contributed by atoms with Crippen molar-refractivity contribution in [3.05, 3.63) is 58.3 Å². The Kier molecular flexibility index (Phi) is 5.11. The summed E-state index contributed by atoms with van der Waals surface area (Å²) in [7, 11) is 0. The highest BCUT2D eigenvalue weighted by molar-refractivity contribution is 7.09. The predicted molar refractivity (Wildman–Crippen MR) is 82.2 cm³/mol. The average molecular weight is 299 g/mol. The molecular formula is C15H16Cl2S. The van der Waals surface area contributed by atoms with Crippen molar-refractivity contribution >= 4 is 34.5 Å². The predicted octanol–water partition coefficient (Wildman–Crippen LogP) is 5.10. The zero-order valence-corrected chi connectivity index (χ0v) is 12.4. The lowest BCUT2D eigenvalue weighted by atomic mass is 9.80. The van der Waals surface area contributed by atoms with Gasteiger partial charge in [-0.2, -0.15) is 0 Å². The monoisotopic (exact) mass is 298 g/mol. The molecule has 0 saturated heterocycles. The second-order valence-corrected chi connectivity index (χ2v) is 6.06. The second kappa shape index (κ2) is 6.60. The fourth-order valence-electron chi connectivity index (χ4n) is 2.08. The van der Waals surface area contributed by atoms with Crippen LogP contribution in [-0.4, -0.2) is 11.8 Å². The molecule has 1 heterocycles. The molecule has 1 aromatic heterocycles. The lowest BCUT2D eigenvalue weighted by Gasteiger charge is -2.30. The molecule has 0 atom stereocenters. The molecule has 0 amide bonds. The molecule has 0 aliphatic heterocycles. The van der Waals surface area contributed by atoms with Crippen LogP contribution >= 0.6 is 34.5 Å². The number of alkyl halides is 2. The van der Waals surface area contributed by atoms with E-state index in [0.29, 0.717) is 11.8 Å². The van der Waals surface area contributed by atoms with E-state index in [1.807, 2.05) is 18.2 Å². The normalized spacial score (nSPS) is 11.7. The topological polar surface area (TPSA) is 0 Å². The Morgan fingerprint density at radius 2 is 1.67 bits per heavy atom. The van der Waals surface area contributed by atoms with Crippen LogP contribution in [0.2, 0.25) is 0 Å². The molecule has 2 aromatic rings. The van der Waals surface area contributed by atoms with Crippen molar-refractivity contribution in [2.75, 3.05) is 11.8 Å². The number of halogens is 2. The molecule has 1 aromatic carbocycles. The van der Waals surface area contributed by atoms with Gasteiger partial charge in [0.2, 0.25) is 0 Å². The lowest BCUT2D eigenvalue weighted by Crippen LogP contribution is -2.31. The molecule has 0 unspecified atom stereocenters. The van der Waals surface area contributed by atoms with E-state index >= 15 is 0 Å². The smallest absolute Gasteiger partial charge is 0.0332 e. The van der Waals surface area contributed by atoms with Crippen LogP contribution in [0.25, 0.3) is 0 Å². The maximum Gasteiger partial charge on any atom is 0.0332 e. The van der Waals surface area contributed by atoms with Gasteiger partial charge in [0.1, 0.15) is 0 Å². The van der Waals surface area contributed by atoms with Crippen LogP contribution in [0.5, 0.6) is 0 Å². The van der Waals surface area contributed by atoms with Gasteiger partial charge < -0.3 is 0 Å². The molecule has 0 nitrogen and oxygen atoms in total. The zero-order chi connectivity index (χ0) is 12.8. The molecule has 0 aliphatic rings. The molecule has 96 valence electrons. The first-order chi connectivity index (χ1) is 8.80. The van der Waals surface area contributed by atoms with Gasteiger partial charge in [0.15, 0.2) is 0 Å². The van der Waals surface area contributed by atoms with E-state index in [1.54, 1.807) is 11.3 Å². The summed E-state index contributed by atoms with van der Waals surface area (Å²) >= 11 is 14.2. The molecular weight excluding hydrogens is 283 g/mol. The molecule has 0 aliphatic carbocycles. The fraction of sp³-hybridized carbons (Fsp3) is 0.333. The number of thiophene rings is 1. The maximum absolute atomic E-state index is 6.22. The quantitative estimate of drug-likeness (QED) is 0.651. The van der Waals surface area contributed by atoms with E-state index in [0.717, 1.165) is 12.8 Å². The summed E-state index contributed by atoms with van der Waals surface area (Å²) < 4.78 is 0. The number of hydrogen-bond donors (Lipinski definition) is 0. The van der Waals surface area contributed by atoms with Crippen molar-refractivity contribution in [2.45, 2.75) is 18.3 Å². The number of benzene rings is 1. The first-order valence-electron chi connectivity index (χ1n) is 6.00. The SMILES string of the molecule is ClCC(CCl)(CCc1cccs1)c1ccccc1. The van der Waals surface area contributed by atoms with E-state index < -0.39 is 0 Å². The first-order valence-corrected chi connectivity index (χ1v) is 7.95. The van der Waals surface area contributed by atoms with Gasteiger partial charge in [-0.05, 0) is 29.9 Å². The summed E-state index contributed by atoms with van der Waals surface area (Å²) in [5.41, 5.74) is 1.13. The molecule has 18 heavy (non-hydrogen) atoms. The van der Waals surface area contributed by atoms with Crippen LogP contribution in [0, 0.1) is 0 Å². The van der Waals surface area contributed by atoms with E-state index in [1.165, 1.54) is 10.4 Å². The molecule has 2 rings (SSSR count). The Labute approximate surface area is 123 Å². The van der Waals surface area contributed by atoms with Crippen LogP contribution in [0.1, 0.15) is 16.9 Å². The minimum Gasteiger partial charge on any atom is -0.149 e. The number of hydrogen-bond acceptors (Lipinski definition) is 1. The molecule has 0 fully saturated rings. The highest BCUT2D eigenvalue weighted by Gasteiger charge is 2.30. The molecule has 0 N–H and O–H groups in total. The minimum atomic E-state index is -0.117. The van der Waals surface area contributed by atoms with E-state index in [9.17, 15) is 0 Å². The third-order valence-electron chi connectivity index (χ3n) is 3.33. The van der Waals surface area contributed by atoms with Crippen molar-refractivity contribution in [2.24, 2.45) is 0 Å². The lowest BCUT2D eigenvalue weighted by molar-refractivity contribution is 0.494. The molecule has 0 bridgehead atoms. The van der Waals surface area contributed by atoms with Crippen molar-refractivity contribution in [3.63, 3.8) is 0 Å². The van der Waals surface area contributed by atoms with Gasteiger partial charge in [0.25, 0.3) is 0 Å². The number of rotatable bonds is 6. The summed E-state index contributed by atoms with van der Waals surface area (Å²) in [5.74, 6) is 1.12. The second-order valence-electron chi connectivity index (χ2n) is 4.49. The third kappa shape index (κ3) is 3.09. The molecule has 0 spiro atoms. The zero-order valence-electron chi connectivity index (χ0n) is 10.1. The third-order valence-corrected chi connectivity index (χ3v) is 5.29. The summed E-state index contributed by atoms with van der Waals surface area (Å²) in [6.07, 6.45) is 2.02. The Balaban J connectivity index is 2.16. The van der Waals surface area contributed by atoms with Crippen LogP contribution in [0.3, 0.4) is 0 Å². The van der Waals surface area contributed by atoms with Gasteiger partial charge in [0.05, 0.1) is 0 Å². The van der Waals surface area contributed by atoms with Crippen LogP contribution in [0.4, 0.5) is 0 Å². The summed E-state index contributed by atoms with van der Waals surface area (Å²) in [4.78, 5) is 1.39. The maximum atomic E-state index is 6.22. The minimum absolute atomic E-state index is 0.117. The van der Waals surface area contributed by atoms with Crippen LogP contribution in [0.15, 0.2) is 47.8 Å². The van der Waals surface area contributed by atoms with Crippen molar-refractivity contribution in [1.82, 2.24) is 0 Å². The van der Waals surface area contributed by atoms with E-state index in [-0.39, 0.29) is 5.41 Å². The van der Waals surface area contributed by atoms with Gasteiger partial charge >= 0.3 is 0 Å².